The predicted octanol–water partition coefficient (Wildman–Crippen LogP) is 5.75. The van der Waals surface area contributed by atoms with E-state index in [4.69, 9.17) is 0 Å². The maximum atomic E-state index is 12.4. The minimum atomic E-state index is -4.19. The predicted molar refractivity (Wildman–Crippen MR) is 76.9 cm³/mol. The molecule has 1 N–H and O–H groups in total. The summed E-state index contributed by atoms with van der Waals surface area (Å²) >= 11 is 3.33. The second-order valence-corrected chi connectivity index (χ2v) is 5.15. The van der Waals surface area contributed by atoms with Crippen LogP contribution < -0.4 is 5.32 Å². The summed E-state index contributed by atoms with van der Waals surface area (Å²) in [5.41, 5.74) is 2.38. The number of anilines is 1. The van der Waals surface area contributed by atoms with Gasteiger partial charge >= 0.3 is 6.18 Å². The Morgan fingerprint density at radius 2 is 2.00 bits per heavy atom. The highest BCUT2D eigenvalue weighted by Crippen LogP contribution is 2.33. The molecule has 0 heterocycles. The lowest BCUT2D eigenvalue weighted by Crippen LogP contribution is -2.08. The fourth-order valence-corrected chi connectivity index (χ4v) is 2.09. The molecule has 5 heteroatoms. The van der Waals surface area contributed by atoms with Crippen LogP contribution in [0.25, 0.3) is 5.57 Å². The van der Waals surface area contributed by atoms with Crippen molar-refractivity contribution in [3.63, 3.8) is 0 Å². The number of alkyl halides is 3. The van der Waals surface area contributed by atoms with Crippen molar-refractivity contribution < 1.29 is 13.2 Å². The summed E-state index contributed by atoms with van der Waals surface area (Å²) in [6.45, 7) is 6.76. The highest BCUT2D eigenvalue weighted by atomic mass is 79.9. The third kappa shape index (κ3) is 4.74. The van der Waals surface area contributed by atoms with E-state index in [0.29, 0.717) is 11.1 Å². The van der Waals surface area contributed by atoms with Crippen molar-refractivity contribution in [2.75, 3.05) is 5.32 Å². The third-order valence-corrected chi connectivity index (χ3v) is 3.24. The van der Waals surface area contributed by atoms with Gasteiger partial charge in [0.15, 0.2) is 0 Å². The zero-order chi connectivity index (χ0) is 14.6. The Morgan fingerprint density at radius 3 is 2.53 bits per heavy atom. The normalized spacial score (nSPS) is 12.9. The van der Waals surface area contributed by atoms with Gasteiger partial charge in [0, 0.05) is 15.7 Å². The highest BCUT2D eigenvalue weighted by molar-refractivity contribution is 9.10. The molecule has 0 aliphatic heterocycles. The molecule has 1 nitrogen and oxygen atoms in total. The van der Waals surface area contributed by atoms with Gasteiger partial charge in [-0.3, -0.25) is 0 Å². The number of benzene rings is 1. The van der Waals surface area contributed by atoms with Crippen molar-refractivity contribution in [1.82, 2.24) is 0 Å². The van der Waals surface area contributed by atoms with Crippen molar-refractivity contribution in [3.05, 3.63) is 46.6 Å². The fourth-order valence-electron chi connectivity index (χ4n) is 1.73. The second-order valence-electron chi connectivity index (χ2n) is 4.24. The van der Waals surface area contributed by atoms with E-state index in [9.17, 15) is 13.2 Å². The molecule has 0 saturated heterocycles. The number of hydrogen-bond donors (Lipinski definition) is 1. The minimum Gasteiger partial charge on any atom is -0.362 e. The van der Waals surface area contributed by atoms with E-state index in [0.717, 1.165) is 15.7 Å². The molecule has 0 amide bonds. The van der Waals surface area contributed by atoms with E-state index in [1.165, 1.54) is 13.1 Å². The van der Waals surface area contributed by atoms with Crippen LogP contribution in [0, 0.1) is 0 Å². The molecule has 1 aromatic carbocycles. The van der Waals surface area contributed by atoms with Crippen LogP contribution >= 0.6 is 15.9 Å². The summed E-state index contributed by atoms with van der Waals surface area (Å²) in [6, 6.07) is 5.41. The maximum absolute atomic E-state index is 12.4. The minimum absolute atomic E-state index is 0.303. The van der Waals surface area contributed by atoms with Gasteiger partial charge in [-0.1, -0.05) is 28.1 Å². The Balaban J connectivity index is 3.23. The largest absolute Gasteiger partial charge is 0.392 e. The molecule has 0 fully saturated rings. The quantitative estimate of drug-likeness (QED) is 0.739. The topological polar surface area (TPSA) is 12.0 Å². The van der Waals surface area contributed by atoms with Crippen LogP contribution in [0.2, 0.25) is 0 Å². The van der Waals surface area contributed by atoms with Gasteiger partial charge in [0.05, 0.1) is 6.42 Å². The van der Waals surface area contributed by atoms with Crippen molar-refractivity contribution in [1.29, 1.82) is 0 Å². The van der Waals surface area contributed by atoms with Crippen LogP contribution in [-0.2, 0) is 0 Å². The Kier molecular flexibility index (Phi) is 5.23. The van der Waals surface area contributed by atoms with Gasteiger partial charge in [0.25, 0.3) is 0 Å². The lowest BCUT2D eigenvalue weighted by Gasteiger charge is -2.15. The first kappa shape index (κ1) is 15.8. The number of halogens is 4. The molecule has 0 spiro atoms. The van der Waals surface area contributed by atoms with Crippen molar-refractivity contribution in [3.8, 4) is 0 Å². The summed E-state index contributed by atoms with van der Waals surface area (Å²) in [4.78, 5) is 0. The molecule has 19 heavy (non-hydrogen) atoms. The number of hydrogen-bond acceptors (Lipinski definition) is 1. The summed E-state index contributed by atoms with van der Waals surface area (Å²) < 4.78 is 38.1. The second kappa shape index (κ2) is 6.28. The molecule has 0 atom stereocenters. The Hall–Kier alpha value is -1.23. The molecule has 0 aliphatic rings. The first-order valence-electron chi connectivity index (χ1n) is 5.65. The smallest absolute Gasteiger partial charge is 0.362 e. The molecule has 1 aromatic rings. The van der Waals surface area contributed by atoms with Gasteiger partial charge in [-0.15, -0.1) is 0 Å². The standard InChI is InChI=1S/C14H15BrF3N/c1-4-19-13-6-5-11(15)7-12(13)10(3)9(2)8-14(16,17)18/h4-7,19H,1,8H2,2-3H3/b10-9+. The number of allylic oxidation sites excluding steroid dienone is 2. The molecule has 0 aliphatic carbocycles. The Bertz CT molecular complexity index is 504. The molecule has 0 bridgehead atoms. The molecular formula is C14H15BrF3N. The van der Waals surface area contributed by atoms with Gasteiger partial charge in [-0.25, -0.2) is 0 Å². The molecule has 0 aromatic heterocycles. The third-order valence-electron chi connectivity index (χ3n) is 2.75. The zero-order valence-corrected chi connectivity index (χ0v) is 12.3. The van der Waals surface area contributed by atoms with Crippen LogP contribution in [0.5, 0.6) is 0 Å². The summed E-state index contributed by atoms with van der Waals surface area (Å²) in [5, 5.41) is 2.93. The zero-order valence-electron chi connectivity index (χ0n) is 10.7. The molecule has 1 rings (SSSR count). The van der Waals surface area contributed by atoms with Gasteiger partial charge < -0.3 is 5.32 Å². The van der Waals surface area contributed by atoms with E-state index >= 15 is 0 Å². The first-order chi connectivity index (χ1) is 8.74. The SMILES string of the molecule is C=CNc1ccc(Br)cc1/C(C)=C(\C)CC(F)(F)F. The maximum Gasteiger partial charge on any atom is 0.392 e. The lowest BCUT2D eigenvalue weighted by atomic mass is 9.98. The van der Waals surface area contributed by atoms with Crippen LogP contribution in [0.1, 0.15) is 25.8 Å². The average molecular weight is 334 g/mol. The van der Waals surface area contributed by atoms with Crippen molar-refractivity contribution >= 4 is 27.2 Å². The molecule has 0 radical (unpaired) electrons. The van der Waals surface area contributed by atoms with Crippen LogP contribution in [0.15, 0.2) is 41.0 Å². The average Bonchev–Trinajstić information content (AvgIpc) is 2.28. The Morgan fingerprint density at radius 1 is 1.37 bits per heavy atom. The molecule has 0 unspecified atom stereocenters. The van der Waals surface area contributed by atoms with E-state index < -0.39 is 12.6 Å². The number of nitrogens with one attached hydrogen (secondary N) is 1. The van der Waals surface area contributed by atoms with Gasteiger partial charge in [0.2, 0.25) is 0 Å². The lowest BCUT2D eigenvalue weighted by molar-refractivity contribution is -0.126. The summed E-state index contributed by atoms with van der Waals surface area (Å²) in [5.74, 6) is 0. The monoisotopic (exact) mass is 333 g/mol. The summed E-state index contributed by atoms with van der Waals surface area (Å²) in [6.07, 6.45) is -3.60. The van der Waals surface area contributed by atoms with E-state index in [1.54, 1.807) is 19.1 Å². The van der Waals surface area contributed by atoms with E-state index in [2.05, 4.69) is 27.8 Å². The van der Waals surface area contributed by atoms with E-state index in [1.807, 2.05) is 6.07 Å². The van der Waals surface area contributed by atoms with Gasteiger partial charge in [-0.2, -0.15) is 13.2 Å². The van der Waals surface area contributed by atoms with Crippen molar-refractivity contribution in [2.45, 2.75) is 26.4 Å². The van der Waals surface area contributed by atoms with Gasteiger partial charge in [-0.05, 0) is 43.8 Å². The summed E-state index contributed by atoms with van der Waals surface area (Å²) in [7, 11) is 0. The molecular weight excluding hydrogens is 319 g/mol. The van der Waals surface area contributed by atoms with Crippen LogP contribution in [0.4, 0.5) is 18.9 Å². The number of rotatable bonds is 4. The fraction of sp³-hybridized carbons (Fsp3) is 0.286. The molecule has 104 valence electrons. The van der Waals surface area contributed by atoms with Crippen LogP contribution in [-0.4, -0.2) is 6.18 Å². The van der Waals surface area contributed by atoms with Crippen LogP contribution in [0.3, 0.4) is 0 Å². The Labute approximate surface area is 119 Å². The highest BCUT2D eigenvalue weighted by Gasteiger charge is 2.28. The van der Waals surface area contributed by atoms with Gasteiger partial charge in [0.1, 0.15) is 0 Å². The van der Waals surface area contributed by atoms with Crippen molar-refractivity contribution in [2.24, 2.45) is 0 Å². The molecule has 0 saturated carbocycles. The van der Waals surface area contributed by atoms with E-state index in [-0.39, 0.29) is 0 Å². The first-order valence-corrected chi connectivity index (χ1v) is 6.44.